The van der Waals surface area contributed by atoms with Gasteiger partial charge >= 0.3 is 12.0 Å². The second-order valence-corrected chi connectivity index (χ2v) is 5.97. The third kappa shape index (κ3) is 2.65. The molecular formula is C19H15F2N3O2. The molecule has 3 aromatic rings. The molecule has 132 valence electrons. The molecule has 0 saturated carbocycles. The molecule has 0 atom stereocenters. The fraction of sp³-hybridized carbons (Fsp3) is 0.211. The van der Waals surface area contributed by atoms with Gasteiger partial charge in [-0.25, -0.2) is 4.98 Å². The zero-order valence-corrected chi connectivity index (χ0v) is 13.9. The molecule has 0 fully saturated rings. The van der Waals surface area contributed by atoms with Crippen LogP contribution in [0.15, 0.2) is 48.7 Å². The first-order valence-electron chi connectivity index (χ1n) is 8.21. The average molecular weight is 355 g/mol. The van der Waals surface area contributed by atoms with Gasteiger partial charge in [0.2, 0.25) is 0 Å². The maximum atomic E-state index is 14.2. The minimum absolute atomic E-state index is 0.0436. The van der Waals surface area contributed by atoms with Gasteiger partial charge in [-0.2, -0.15) is 8.78 Å². The van der Waals surface area contributed by atoms with Crippen LogP contribution in [0.4, 0.5) is 14.5 Å². The van der Waals surface area contributed by atoms with Crippen molar-refractivity contribution in [2.45, 2.75) is 26.0 Å². The van der Waals surface area contributed by atoms with Gasteiger partial charge in [0, 0.05) is 6.20 Å². The summed E-state index contributed by atoms with van der Waals surface area (Å²) >= 11 is 0. The Bertz CT molecular complexity index is 1010. The van der Waals surface area contributed by atoms with Gasteiger partial charge in [-0.1, -0.05) is 19.1 Å². The van der Waals surface area contributed by atoms with Crippen molar-refractivity contribution >= 4 is 22.6 Å². The van der Waals surface area contributed by atoms with E-state index in [2.05, 4.69) is 9.97 Å². The lowest BCUT2D eigenvalue weighted by Crippen LogP contribution is -2.50. The van der Waals surface area contributed by atoms with E-state index < -0.39 is 12.0 Å². The van der Waals surface area contributed by atoms with Gasteiger partial charge in [0.25, 0.3) is 0 Å². The number of alkyl halides is 2. The lowest BCUT2D eigenvalue weighted by atomic mass is 10.1. The Morgan fingerprint density at radius 2 is 1.96 bits per heavy atom. The van der Waals surface area contributed by atoms with Crippen LogP contribution in [0.25, 0.3) is 11.0 Å². The van der Waals surface area contributed by atoms with E-state index in [9.17, 15) is 13.6 Å². The summed E-state index contributed by atoms with van der Waals surface area (Å²) in [5.41, 5.74) is 2.77. The van der Waals surface area contributed by atoms with Gasteiger partial charge in [-0.05, 0) is 42.3 Å². The second kappa shape index (κ2) is 6.01. The number of para-hydroxylation sites is 1. The number of aryl methyl sites for hydroxylation is 1. The fourth-order valence-electron chi connectivity index (χ4n) is 3.02. The Balaban J connectivity index is 1.78. The molecule has 0 unspecified atom stereocenters. The number of carbonyl (C=O) groups is 1. The summed E-state index contributed by atoms with van der Waals surface area (Å²) in [6.45, 7) is 1.76. The summed E-state index contributed by atoms with van der Waals surface area (Å²) in [5.74, 6) is -1.35. The summed E-state index contributed by atoms with van der Waals surface area (Å²) in [6.07, 6.45) is -1.74. The number of pyridine rings is 2. The van der Waals surface area contributed by atoms with E-state index in [1.165, 1.54) is 0 Å². The monoisotopic (exact) mass is 355 g/mol. The van der Waals surface area contributed by atoms with E-state index in [4.69, 9.17) is 4.74 Å². The Morgan fingerprint density at radius 1 is 1.12 bits per heavy atom. The minimum Gasteiger partial charge on any atom is -0.423 e. The van der Waals surface area contributed by atoms with Crippen molar-refractivity contribution < 1.29 is 18.3 Å². The zero-order valence-electron chi connectivity index (χ0n) is 13.9. The van der Waals surface area contributed by atoms with Crippen molar-refractivity contribution in [1.82, 2.24) is 9.97 Å². The van der Waals surface area contributed by atoms with Gasteiger partial charge in [-0.3, -0.25) is 14.7 Å². The first-order chi connectivity index (χ1) is 12.5. The molecule has 1 aliphatic rings. The van der Waals surface area contributed by atoms with Crippen LogP contribution < -0.4 is 9.64 Å². The first kappa shape index (κ1) is 16.4. The molecule has 3 heterocycles. The molecular weight excluding hydrogens is 340 g/mol. The Morgan fingerprint density at radius 3 is 2.77 bits per heavy atom. The molecule has 26 heavy (non-hydrogen) atoms. The normalized spacial score (nSPS) is 15.7. The van der Waals surface area contributed by atoms with E-state index in [-0.39, 0.29) is 12.3 Å². The van der Waals surface area contributed by atoms with E-state index in [0.29, 0.717) is 34.4 Å². The van der Waals surface area contributed by atoms with Crippen LogP contribution in [0.2, 0.25) is 0 Å². The highest BCUT2D eigenvalue weighted by molar-refractivity contribution is 6.01. The van der Waals surface area contributed by atoms with E-state index >= 15 is 0 Å². The number of rotatable bonds is 3. The van der Waals surface area contributed by atoms with Gasteiger partial charge in [0.05, 0.1) is 29.0 Å². The van der Waals surface area contributed by atoms with Crippen LogP contribution in [0.1, 0.15) is 18.2 Å². The average Bonchev–Trinajstić information content (AvgIpc) is 2.64. The standard InChI is InChI=1S/C19H15F2N3O2/c1-2-12-5-3-7-16-17(12)26-19(20,21)18(25)24(16)11-13-8-9-14-15(23-13)6-4-10-22-14/h3-10H,2,11H2,1H3. The maximum Gasteiger partial charge on any atom is 0.483 e. The number of anilines is 1. The molecule has 4 rings (SSSR count). The molecule has 7 heteroatoms. The van der Waals surface area contributed by atoms with Crippen molar-refractivity contribution in [3.05, 3.63) is 59.9 Å². The predicted octanol–water partition coefficient (Wildman–Crippen LogP) is 3.71. The highest BCUT2D eigenvalue weighted by Crippen LogP contribution is 2.42. The van der Waals surface area contributed by atoms with Crippen molar-refractivity contribution in [3.8, 4) is 5.75 Å². The number of amides is 1. The van der Waals surface area contributed by atoms with Crippen LogP contribution in [-0.2, 0) is 17.8 Å². The molecule has 0 N–H and O–H groups in total. The number of ether oxygens (including phenoxy) is 1. The summed E-state index contributed by atoms with van der Waals surface area (Å²) < 4.78 is 33.0. The molecule has 1 aromatic carbocycles. The Labute approximate surface area is 148 Å². The predicted molar refractivity (Wildman–Crippen MR) is 92.1 cm³/mol. The lowest BCUT2D eigenvalue weighted by molar-refractivity contribution is -0.193. The highest BCUT2D eigenvalue weighted by atomic mass is 19.3. The zero-order chi connectivity index (χ0) is 18.3. The van der Waals surface area contributed by atoms with Crippen molar-refractivity contribution in [3.63, 3.8) is 0 Å². The fourth-order valence-corrected chi connectivity index (χ4v) is 3.02. The summed E-state index contributed by atoms with van der Waals surface area (Å²) in [5, 5.41) is 0. The number of nitrogens with zero attached hydrogens (tertiary/aromatic N) is 3. The molecule has 0 spiro atoms. The number of hydrogen-bond acceptors (Lipinski definition) is 4. The maximum absolute atomic E-state index is 14.2. The first-order valence-corrected chi connectivity index (χ1v) is 8.21. The molecule has 1 aliphatic heterocycles. The third-order valence-corrected chi connectivity index (χ3v) is 4.31. The number of aromatic nitrogens is 2. The number of hydrogen-bond donors (Lipinski definition) is 0. The second-order valence-electron chi connectivity index (χ2n) is 5.97. The Hall–Kier alpha value is -3.09. The SMILES string of the molecule is CCc1cccc2c1OC(F)(F)C(=O)N2Cc1ccc2ncccc2n1. The topological polar surface area (TPSA) is 55.3 Å². The number of halogens is 2. The van der Waals surface area contributed by atoms with Crippen LogP contribution in [0.5, 0.6) is 5.75 Å². The highest BCUT2D eigenvalue weighted by Gasteiger charge is 2.51. The van der Waals surface area contributed by atoms with Gasteiger partial charge in [-0.15, -0.1) is 0 Å². The summed E-state index contributed by atoms with van der Waals surface area (Å²) in [6, 6.07) is 12.0. The molecule has 2 aromatic heterocycles. The summed E-state index contributed by atoms with van der Waals surface area (Å²) in [4.78, 5) is 21.9. The van der Waals surface area contributed by atoms with Crippen molar-refractivity contribution in [2.24, 2.45) is 0 Å². The van der Waals surface area contributed by atoms with Gasteiger partial charge < -0.3 is 4.74 Å². The number of benzene rings is 1. The van der Waals surface area contributed by atoms with Gasteiger partial charge in [0.15, 0.2) is 5.75 Å². The quantitative estimate of drug-likeness (QED) is 0.719. The van der Waals surface area contributed by atoms with Crippen LogP contribution in [-0.4, -0.2) is 22.0 Å². The van der Waals surface area contributed by atoms with Gasteiger partial charge in [0.1, 0.15) is 0 Å². The molecule has 0 saturated heterocycles. The minimum atomic E-state index is -3.91. The molecule has 0 radical (unpaired) electrons. The molecule has 0 aliphatic carbocycles. The summed E-state index contributed by atoms with van der Waals surface area (Å²) in [7, 11) is 0. The number of fused-ring (bicyclic) bond motifs is 2. The largest absolute Gasteiger partial charge is 0.483 e. The Kier molecular flexibility index (Phi) is 3.79. The smallest absolute Gasteiger partial charge is 0.423 e. The lowest BCUT2D eigenvalue weighted by Gasteiger charge is -2.34. The molecule has 0 bridgehead atoms. The van der Waals surface area contributed by atoms with Crippen molar-refractivity contribution in [1.29, 1.82) is 0 Å². The van der Waals surface area contributed by atoms with E-state index in [0.717, 1.165) is 4.90 Å². The molecule has 1 amide bonds. The van der Waals surface area contributed by atoms with Crippen LogP contribution >= 0.6 is 0 Å². The molecule has 5 nitrogen and oxygen atoms in total. The van der Waals surface area contributed by atoms with E-state index in [1.54, 1.807) is 48.7 Å². The van der Waals surface area contributed by atoms with Crippen LogP contribution in [0, 0.1) is 0 Å². The van der Waals surface area contributed by atoms with Crippen molar-refractivity contribution in [2.75, 3.05) is 4.90 Å². The van der Waals surface area contributed by atoms with E-state index in [1.807, 2.05) is 6.92 Å². The van der Waals surface area contributed by atoms with Crippen LogP contribution in [0.3, 0.4) is 0 Å². The number of carbonyl (C=O) groups excluding carboxylic acids is 1. The third-order valence-electron chi connectivity index (χ3n) is 4.31.